The summed E-state index contributed by atoms with van der Waals surface area (Å²) in [5.41, 5.74) is 2.81. The molecule has 0 radical (unpaired) electrons. The summed E-state index contributed by atoms with van der Waals surface area (Å²) in [4.78, 5) is 4.24. The Labute approximate surface area is 123 Å². The Kier molecular flexibility index (Phi) is 3.75. The quantitative estimate of drug-likeness (QED) is 0.796. The highest BCUT2D eigenvalue weighted by Gasteiger charge is 2.20. The van der Waals surface area contributed by atoms with Crippen LogP contribution in [-0.4, -0.2) is 22.2 Å². The van der Waals surface area contributed by atoms with E-state index in [1.165, 1.54) is 0 Å². The number of aromatic nitrogens is 3. The van der Waals surface area contributed by atoms with Crippen LogP contribution in [0.25, 0.3) is 11.5 Å². The summed E-state index contributed by atoms with van der Waals surface area (Å²) in [6.07, 6.45) is 1.75. The lowest BCUT2D eigenvalue weighted by molar-refractivity contribution is 0.456. The van der Waals surface area contributed by atoms with Crippen LogP contribution in [0.1, 0.15) is 23.2 Å². The molecule has 5 heteroatoms. The van der Waals surface area contributed by atoms with Crippen LogP contribution in [0.5, 0.6) is 0 Å². The summed E-state index contributed by atoms with van der Waals surface area (Å²) in [6.45, 7) is 1.92. The Morgan fingerprint density at radius 3 is 2.57 bits per heavy atom. The SMILES string of the molecule is CNC(c1ccccc1)c1nnc(-c2cccnc2C)o1. The molecule has 1 aromatic carbocycles. The first-order valence-corrected chi connectivity index (χ1v) is 6.77. The number of benzene rings is 1. The van der Waals surface area contributed by atoms with Gasteiger partial charge in [0.05, 0.1) is 5.56 Å². The molecule has 0 spiro atoms. The number of hydrogen-bond donors (Lipinski definition) is 1. The zero-order chi connectivity index (χ0) is 14.7. The molecule has 1 unspecified atom stereocenters. The van der Waals surface area contributed by atoms with Crippen LogP contribution in [0.4, 0.5) is 0 Å². The van der Waals surface area contributed by atoms with Gasteiger partial charge in [-0.15, -0.1) is 10.2 Å². The molecule has 1 atom stereocenters. The van der Waals surface area contributed by atoms with Gasteiger partial charge in [0.25, 0.3) is 0 Å². The third-order valence-electron chi connectivity index (χ3n) is 3.35. The van der Waals surface area contributed by atoms with Gasteiger partial charge in [-0.05, 0) is 31.7 Å². The minimum Gasteiger partial charge on any atom is -0.419 e. The van der Waals surface area contributed by atoms with Gasteiger partial charge in [0, 0.05) is 11.9 Å². The molecule has 1 N–H and O–H groups in total. The van der Waals surface area contributed by atoms with E-state index in [0.29, 0.717) is 11.8 Å². The summed E-state index contributed by atoms with van der Waals surface area (Å²) in [5.74, 6) is 1.04. The molecule has 0 fully saturated rings. The highest BCUT2D eigenvalue weighted by atomic mass is 16.4. The third-order valence-corrected chi connectivity index (χ3v) is 3.35. The lowest BCUT2D eigenvalue weighted by Gasteiger charge is -2.11. The summed E-state index contributed by atoms with van der Waals surface area (Å²) in [5, 5.41) is 11.5. The van der Waals surface area contributed by atoms with Gasteiger partial charge in [-0.3, -0.25) is 4.98 Å². The second-order valence-corrected chi connectivity index (χ2v) is 4.71. The first-order chi connectivity index (χ1) is 10.3. The Morgan fingerprint density at radius 2 is 1.86 bits per heavy atom. The average Bonchev–Trinajstić information content (AvgIpc) is 2.99. The van der Waals surface area contributed by atoms with Gasteiger partial charge in [-0.25, -0.2) is 0 Å². The van der Waals surface area contributed by atoms with Crippen molar-refractivity contribution in [3.63, 3.8) is 0 Å². The minimum absolute atomic E-state index is 0.121. The number of nitrogens with zero attached hydrogens (tertiary/aromatic N) is 3. The number of hydrogen-bond acceptors (Lipinski definition) is 5. The molecule has 0 aliphatic rings. The number of aryl methyl sites for hydroxylation is 1. The van der Waals surface area contributed by atoms with E-state index in [1.54, 1.807) is 6.20 Å². The van der Waals surface area contributed by atoms with E-state index in [4.69, 9.17) is 4.42 Å². The largest absolute Gasteiger partial charge is 0.419 e. The number of pyridine rings is 1. The maximum absolute atomic E-state index is 5.83. The van der Waals surface area contributed by atoms with Crippen LogP contribution in [-0.2, 0) is 0 Å². The zero-order valence-electron chi connectivity index (χ0n) is 11.9. The zero-order valence-corrected chi connectivity index (χ0v) is 11.9. The van der Waals surface area contributed by atoms with Crippen molar-refractivity contribution in [3.05, 3.63) is 65.8 Å². The Hall–Kier alpha value is -2.53. The van der Waals surface area contributed by atoms with Crippen molar-refractivity contribution in [3.8, 4) is 11.5 Å². The van der Waals surface area contributed by atoms with E-state index >= 15 is 0 Å². The summed E-state index contributed by atoms with van der Waals surface area (Å²) in [6, 6.07) is 13.7. The fraction of sp³-hybridized carbons (Fsp3) is 0.188. The summed E-state index contributed by atoms with van der Waals surface area (Å²) >= 11 is 0. The van der Waals surface area contributed by atoms with Crippen LogP contribution in [0.3, 0.4) is 0 Å². The van der Waals surface area contributed by atoms with Crippen molar-refractivity contribution in [1.82, 2.24) is 20.5 Å². The molecule has 0 saturated heterocycles. The Bertz CT molecular complexity index is 724. The lowest BCUT2D eigenvalue weighted by Crippen LogP contribution is -2.17. The molecule has 2 aromatic heterocycles. The standard InChI is InChI=1S/C16H16N4O/c1-11-13(9-6-10-18-11)15-19-20-16(21-15)14(17-2)12-7-4-3-5-8-12/h3-10,14,17H,1-2H3. The van der Waals surface area contributed by atoms with Gasteiger partial charge < -0.3 is 9.73 Å². The molecule has 3 rings (SSSR count). The smallest absolute Gasteiger partial charge is 0.249 e. The van der Waals surface area contributed by atoms with Gasteiger partial charge in [0.1, 0.15) is 6.04 Å². The van der Waals surface area contributed by atoms with Crippen molar-refractivity contribution in [2.75, 3.05) is 7.05 Å². The summed E-state index contributed by atoms with van der Waals surface area (Å²) in [7, 11) is 1.87. The average molecular weight is 280 g/mol. The van der Waals surface area contributed by atoms with Gasteiger partial charge >= 0.3 is 0 Å². The van der Waals surface area contributed by atoms with Gasteiger partial charge in [0.2, 0.25) is 11.8 Å². The molecule has 0 aliphatic heterocycles. The third kappa shape index (κ3) is 2.68. The van der Waals surface area contributed by atoms with E-state index in [0.717, 1.165) is 16.8 Å². The highest BCUT2D eigenvalue weighted by molar-refractivity contribution is 5.55. The maximum atomic E-state index is 5.83. The topological polar surface area (TPSA) is 63.8 Å². The van der Waals surface area contributed by atoms with Crippen LogP contribution in [0.15, 0.2) is 53.1 Å². The number of rotatable bonds is 4. The fourth-order valence-electron chi connectivity index (χ4n) is 2.25. The molecule has 0 amide bonds. The Balaban J connectivity index is 1.96. The van der Waals surface area contributed by atoms with Crippen molar-refractivity contribution in [2.24, 2.45) is 0 Å². The highest BCUT2D eigenvalue weighted by Crippen LogP contribution is 2.25. The second-order valence-electron chi connectivity index (χ2n) is 4.71. The predicted molar refractivity (Wildman–Crippen MR) is 79.6 cm³/mol. The molecule has 106 valence electrons. The molecule has 21 heavy (non-hydrogen) atoms. The second kappa shape index (κ2) is 5.85. The van der Waals surface area contributed by atoms with Crippen molar-refractivity contribution >= 4 is 0 Å². The van der Waals surface area contributed by atoms with Gasteiger partial charge in [0.15, 0.2) is 0 Å². The van der Waals surface area contributed by atoms with Gasteiger partial charge in [-0.1, -0.05) is 30.3 Å². The van der Waals surface area contributed by atoms with E-state index in [-0.39, 0.29) is 6.04 Å². The molecule has 5 nitrogen and oxygen atoms in total. The fourth-order valence-corrected chi connectivity index (χ4v) is 2.25. The minimum atomic E-state index is -0.121. The predicted octanol–water partition coefficient (Wildman–Crippen LogP) is 2.75. The molecule has 3 aromatic rings. The van der Waals surface area contributed by atoms with Crippen LogP contribution in [0.2, 0.25) is 0 Å². The van der Waals surface area contributed by atoms with E-state index in [2.05, 4.69) is 20.5 Å². The summed E-state index contributed by atoms with van der Waals surface area (Å²) < 4.78 is 5.83. The van der Waals surface area contributed by atoms with Crippen molar-refractivity contribution in [2.45, 2.75) is 13.0 Å². The van der Waals surface area contributed by atoms with E-state index in [1.807, 2.05) is 56.4 Å². The van der Waals surface area contributed by atoms with Crippen molar-refractivity contribution < 1.29 is 4.42 Å². The molecular formula is C16H16N4O. The van der Waals surface area contributed by atoms with Crippen molar-refractivity contribution in [1.29, 1.82) is 0 Å². The Morgan fingerprint density at radius 1 is 1.05 bits per heavy atom. The van der Waals surface area contributed by atoms with Crippen LogP contribution >= 0.6 is 0 Å². The molecule has 2 heterocycles. The van der Waals surface area contributed by atoms with E-state index < -0.39 is 0 Å². The molecule has 0 aliphatic carbocycles. The van der Waals surface area contributed by atoms with E-state index in [9.17, 15) is 0 Å². The monoisotopic (exact) mass is 280 g/mol. The van der Waals surface area contributed by atoms with Gasteiger partial charge in [-0.2, -0.15) is 0 Å². The first-order valence-electron chi connectivity index (χ1n) is 6.77. The van der Waals surface area contributed by atoms with Crippen LogP contribution in [0, 0.1) is 6.92 Å². The maximum Gasteiger partial charge on any atom is 0.249 e. The molecule has 0 saturated carbocycles. The molecular weight excluding hydrogens is 264 g/mol. The van der Waals surface area contributed by atoms with Crippen LogP contribution < -0.4 is 5.32 Å². The molecule has 0 bridgehead atoms. The first kappa shape index (κ1) is 13.5. The lowest BCUT2D eigenvalue weighted by atomic mass is 10.1. The number of nitrogens with one attached hydrogen (secondary N) is 1. The normalized spacial score (nSPS) is 12.3.